The normalized spacial score (nSPS) is 32.6. The maximum absolute atomic E-state index is 5.34. The number of allylic oxidation sites excluding steroid dienone is 1. The molecule has 0 N–H and O–H groups in total. The van der Waals surface area contributed by atoms with Crippen LogP contribution < -0.4 is 0 Å². The molecule has 0 heterocycles. The van der Waals surface area contributed by atoms with E-state index in [1.807, 2.05) is 7.11 Å². The Balaban J connectivity index is 2.47. The highest BCUT2D eigenvalue weighted by atomic mass is 16.5. The molecule has 1 rings (SSSR count). The van der Waals surface area contributed by atoms with Gasteiger partial charge in [-0.15, -0.1) is 0 Å². The molecule has 1 aliphatic rings. The van der Waals surface area contributed by atoms with Gasteiger partial charge in [0, 0.05) is 13.0 Å². The van der Waals surface area contributed by atoms with Gasteiger partial charge in [0.1, 0.15) is 0 Å². The molecule has 0 aromatic heterocycles. The molecule has 1 nitrogen and oxygen atoms in total. The second kappa shape index (κ2) is 3.77. The predicted molar refractivity (Wildman–Crippen MR) is 43.0 cm³/mol. The van der Waals surface area contributed by atoms with E-state index >= 15 is 0 Å². The van der Waals surface area contributed by atoms with Crippen molar-refractivity contribution >= 4 is 0 Å². The van der Waals surface area contributed by atoms with Gasteiger partial charge in [0.05, 0.1) is 6.10 Å². The van der Waals surface area contributed by atoms with Crippen molar-refractivity contribution in [2.75, 3.05) is 7.11 Å². The highest BCUT2D eigenvalue weighted by Gasteiger charge is 2.18. The van der Waals surface area contributed by atoms with Gasteiger partial charge in [0.2, 0.25) is 0 Å². The van der Waals surface area contributed by atoms with Crippen LogP contribution in [0.5, 0.6) is 0 Å². The topological polar surface area (TPSA) is 9.23 Å². The zero-order chi connectivity index (χ0) is 7.40. The van der Waals surface area contributed by atoms with Crippen molar-refractivity contribution in [3.63, 3.8) is 0 Å². The van der Waals surface area contributed by atoms with E-state index < -0.39 is 0 Å². The summed E-state index contributed by atoms with van der Waals surface area (Å²) in [4.78, 5) is 0. The number of ether oxygens (including phenoxy) is 1. The first kappa shape index (κ1) is 7.80. The maximum atomic E-state index is 5.34. The molecule has 0 radical (unpaired) electrons. The van der Waals surface area contributed by atoms with Crippen molar-refractivity contribution in [2.45, 2.75) is 32.3 Å². The van der Waals surface area contributed by atoms with E-state index in [9.17, 15) is 0 Å². The Labute approximate surface area is 63.1 Å². The highest BCUT2D eigenvalue weighted by molar-refractivity contribution is 4.97. The minimum atomic E-state index is 0.481. The third kappa shape index (κ3) is 1.60. The molecule has 1 aliphatic carbocycles. The van der Waals surface area contributed by atoms with Gasteiger partial charge in [0.25, 0.3) is 0 Å². The van der Waals surface area contributed by atoms with Crippen LogP contribution in [-0.2, 0) is 4.74 Å². The maximum Gasteiger partial charge on any atom is 0.0636 e. The molecule has 0 aromatic carbocycles. The van der Waals surface area contributed by atoms with Crippen LogP contribution in [0.3, 0.4) is 0 Å². The fourth-order valence-electron chi connectivity index (χ4n) is 1.56. The number of methoxy groups -OCH3 is 1. The summed E-state index contributed by atoms with van der Waals surface area (Å²) in [6, 6.07) is 0. The van der Waals surface area contributed by atoms with Crippen molar-refractivity contribution in [2.24, 2.45) is 5.92 Å². The molecular weight excluding hydrogens is 124 g/mol. The fraction of sp³-hybridized carbons (Fsp3) is 0.778. The van der Waals surface area contributed by atoms with Crippen LogP contribution in [0.25, 0.3) is 0 Å². The number of hydrogen-bond donors (Lipinski definition) is 0. The minimum absolute atomic E-state index is 0.481. The molecule has 0 fully saturated rings. The van der Waals surface area contributed by atoms with Gasteiger partial charge in [-0.05, 0) is 19.3 Å². The smallest absolute Gasteiger partial charge is 0.0636 e. The Bertz CT molecular complexity index is 118. The summed E-state index contributed by atoms with van der Waals surface area (Å²) in [6.07, 6.45) is 8.63. The zero-order valence-electron chi connectivity index (χ0n) is 6.84. The first-order valence-electron chi connectivity index (χ1n) is 4.08. The van der Waals surface area contributed by atoms with E-state index in [-0.39, 0.29) is 0 Å². The quantitative estimate of drug-likeness (QED) is 0.535. The molecule has 0 saturated heterocycles. The summed E-state index contributed by atoms with van der Waals surface area (Å²) < 4.78 is 5.34. The van der Waals surface area contributed by atoms with Crippen LogP contribution in [0.1, 0.15) is 26.2 Å². The van der Waals surface area contributed by atoms with E-state index in [1.165, 1.54) is 19.3 Å². The third-order valence-corrected chi connectivity index (χ3v) is 2.25. The summed E-state index contributed by atoms with van der Waals surface area (Å²) in [5.74, 6) is 0.666. The molecule has 0 aromatic rings. The van der Waals surface area contributed by atoms with Crippen molar-refractivity contribution < 1.29 is 4.74 Å². The van der Waals surface area contributed by atoms with Crippen molar-refractivity contribution in [1.82, 2.24) is 0 Å². The van der Waals surface area contributed by atoms with Crippen LogP contribution in [-0.4, -0.2) is 13.2 Å². The van der Waals surface area contributed by atoms with Gasteiger partial charge in [-0.25, -0.2) is 0 Å². The zero-order valence-corrected chi connectivity index (χ0v) is 6.84. The highest BCUT2D eigenvalue weighted by Crippen LogP contribution is 2.22. The third-order valence-electron chi connectivity index (χ3n) is 2.25. The van der Waals surface area contributed by atoms with E-state index in [0.29, 0.717) is 12.0 Å². The fourth-order valence-corrected chi connectivity index (χ4v) is 1.56. The summed E-state index contributed by atoms with van der Waals surface area (Å²) in [5.41, 5.74) is 0. The molecule has 58 valence electrons. The Morgan fingerprint density at radius 3 is 2.90 bits per heavy atom. The van der Waals surface area contributed by atoms with E-state index in [1.54, 1.807) is 0 Å². The summed E-state index contributed by atoms with van der Waals surface area (Å²) in [6.45, 7) is 2.21. The van der Waals surface area contributed by atoms with Crippen LogP contribution in [0.15, 0.2) is 12.2 Å². The van der Waals surface area contributed by atoms with E-state index in [2.05, 4.69) is 19.1 Å². The Morgan fingerprint density at radius 1 is 1.60 bits per heavy atom. The second-order valence-corrected chi connectivity index (χ2v) is 2.85. The molecule has 10 heavy (non-hydrogen) atoms. The summed E-state index contributed by atoms with van der Waals surface area (Å²) in [7, 11) is 1.81. The predicted octanol–water partition coefficient (Wildman–Crippen LogP) is 2.38. The summed E-state index contributed by atoms with van der Waals surface area (Å²) >= 11 is 0. The van der Waals surface area contributed by atoms with Crippen molar-refractivity contribution in [3.8, 4) is 0 Å². The molecule has 2 atom stereocenters. The van der Waals surface area contributed by atoms with Gasteiger partial charge in [-0.3, -0.25) is 0 Å². The van der Waals surface area contributed by atoms with Crippen molar-refractivity contribution in [3.05, 3.63) is 12.2 Å². The largest absolute Gasteiger partial charge is 0.381 e. The SMILES string of the molecule is CCC1C=CCCC1OC. The second-order valence-electron chi connectivity index (χ2n) is 2.85. The molecule has 0 aliphatic heterocycles. The minimum Gasteiger partial charge on any atom is -0.381 e. The lowest BCUT2D eigenvalue weighted by molar-refractivity contribution is 0.0570. The molecule has 2 unspecified atom stereocenters. The lowest BCUT2D eigenvalue weighted by Gasteiger charge is -2.24. The van der Waals surface area contributed by atoms with Crippen LogP contribution in [0, 0.1) is 5.92 Å². The van der Waals surface area contributed by atoms with Crippen LogP contribution in [0.2, 0.25) is 0 Å². The van der Waals surface area contributed by atoms with Gasteiger partial charge in [0.15, 0.2) is 0 Å². The average Bonchev–Trinajstić information content (AvgIpc) is 2.04. The molecule has 0 bridgehead atoms. The summed E-state index contributed by atoms with van der Waals surface area (Å²) in [5, 5.41) is 0. The first-order valence-corrected chi connectivity index (χ1v) is 4.08. The lowest BCUT2D eigenvalue weighted by Crippen LogP contribution is -2.22. The van der Waals surface area contributed by atoms with Gasteiger partial charge in [-0.1, -0.05) is 19.1 Å². The van der Waals surface area contributed by atoms with Crippen LogP contribution >= 0.6 is 0 Å². The van der Waals surface area contributed by atoms with Gasteiger partial charge in [-0.2, -0.15) is 0 Å². The average molecular weight is 140 g/mol. The van der Waals surface area contributed by atoms with E-state index in [0.717, 1.165) is 0 Å². The molecule has 0 amide bonds. The Kier molecular flexibility index (Phi) is 2.94. The standard InChI is InChI=1S/C9H16O/c1-3-8-6-4-5-7-9(8)10-2/h4,6,8-9H,3,5,7H2,1-2H3. The van der Waals surface area contributed by atoms with Crippen LogP contribution in [0.4, 0.5) is 0 Å². The first-order chi connectivity index (χ1) is 4.88. The van der Waals surface area contributed by atoms with Gasteiger partial charge >= 0.3 is 0 Å². The van der Waals surface area contributed by atoms with Gasteiger partial charge < -0.3 is 4.74 Å². The Hall–Kier alpha value is -0.300. The number of hydrogen-bond acceptors (Lipinski definition) is 1. The molecular formula is C9H16O. The molecule has 0 spiro atoms. The van der Waals surface area contributed by atoms with Crippen molar-refractivity contribution in [1.29, 1.82) is 0 Å². The monoisotopic (exact) mass is 140 g/mol. The molecule has 0 saturated carbocycles. The molecule has 1 heteroatoms. The van der Waals surface area contributed by atoms with E-state index in [4.69, 9.17) is 4.74 Å². The number of rotatable bonds is 2. The Morgan fingerprint density at radius 2 is 2.40 bits per heavy atom. The lowest BCUT2D eigenvalue weighted by atomic mass is 9.91.